The van der Waals surface area contributed by atoms with Crippen LogP contribution in [0.1, 0.15) is 42.5 Å². The Balaban J connectivity index is 1.47. The van der Waals surface area contributed by atoms with E-state index in [-0.39, 0.29) is 18.6 Å². The second-order valence-electron chi connectivity index (χ2n) is 6.72. The number of hydrogen-bond acceptors (Lipinski definition) is 5. The van der Waals surface area contributed by atoms with Crippen LogP contribution in [0.25, 0.3) is 0 Å². The monoisotopic (exact) mass is 378 g/mol. The van der Waals surface area contributed by atoms with Crippen LogP contribution in [0.2, 0.25) is 0 Å². The lowest BCUT2D eigenvalue weighted by molar-refractivity contribution is -0.154. The van der Waals surface area contributed by atoms with Gasteiger partial charge in [-0.25, -0.2) is 4.79 Å². The summed E-state index contributed by atoms with van der Waals surface area (Å²) in [6.07, 6.45) is 2.03. The molecule has 28 heavy (non-hydrogen) atoms. The number of benzene rings is 2. The van der Waals surface area contributed by atoms with Crippen LogP contribution in [-0.2, 0) is 20.7 Å². The molecule has 2 aromatic rings. The van der Waals surface area contributed by atoms with Gasteiger partial charge in [-0.1, -0.05) is 24.3 Å². The Morgan fingerprint density at radius 3 is 2.71 bits per heavy atom. The molecule has 1 aliphatic carbocycles. The lowest BCUT2D eigenvalue weighted by atomic mass is 9.88. The number of nitrogens with zero attached hydrogens (tertiary/aromatic N) is 1. The van der Waals surface area contributed by atoms with Crippen molar-refractivity contribution >= 4 is 11.9 Å². The maximum atomic E-state index is 12.2. The summed E-state index contributed by atoms with van der Waals surface area (Å²) in [5.74, 6) is -0.504. The van der Waals surface area contributed by atoms with Gasteiger partial charge < -0.3 is 14.8 Å². The van der Waals surface area contributed by atoms with E-state index in [1.165, 1.54) is 5.56 Å². The normalized spacial score (nSPS) is 16.2. The van der Waals surface area contributed by atoms with Gasteiger partial charge in [0.2, 0.25) is 0 Å². The van der Waals surface area contributed by atoms with E-state index < -0.39 is 12.1 Å². The summed E-state index contributed by atoms with van der Waals surface area (Å²) < 4.78 is 10.6. The van der Waals surface area contributed by atoms with Crippen molar-refractivity contribution in [2.24, 2.45) is 0 Å². The third-order valence-electron chi connectivity index (χ3n) is 4.68. The first-order valence-electron chi connectivity index (χ1n) is 9.27. The summed E-state index contributed by atoms with van der Waals surface area (Å²) in [4.78, 5) is 24.3. The minimum atomic E-state index is -0.865. The number of fused-ring (bicyclic) bond motifs is 1. The molecule has 0 aliphatic heterocycles. The smallest absolute Gasteiger partial charge is 0.347 e. The van der Waals surface area contributed by atoms with Crippen molar-refractivity contribution in [3.63, 3.8) is 0 Å². The lowest BCUT2D eigenvalue weighted by Gasteiger charge is -2.26. The van der Waals surface area contributed by atoms with Gasteiger partial charge in [0.25, 0.3) is 5.91 Å². The topological polar surface area (TPSA) is 88.4 Å². The van der Waals surface area contributed by atoms with Crippen molar-refractivity contribution in [3.8, 4) is 11.8 Å². The summed E-state index contributed by atoms with van der Waals surface area (Å²) >= 11 is 0. The van der Waals surface area contributed by atoms with E-state index in [9.17, 15) is 9.59 Å². The van der Waals surface area contributed by atoms with Crippen molar-refractivity contribution in [1.82, 2.24) is 5.32 Å². The predicted octanol–water partition coefficient (Wildman–Crippen LogP) is 3.06. The zero-order valence-electron chi connectivity index (χ0n) is 15.7. The van der Waals surface area contributed by atoms with Gasteiger partial charge >= 0.3 is 5.97 Å². The first-order chi connectivity index (χ1) is 13.6. The molecule has 0 aromatic heterocycles. The number of carbonyl (C=O) groups excluding carboxylic acids is 2. The van der Waals surface area contributed by atoms with Crippen molar-refractivity contribution in [3.05, 3.63) is 65.2 Å². The van der Waals surface area contributed by atoms with E-state index in [4.69, 9.17) is 14.7 Å². The van der Waals surface area contributed by atoms with Crippen LogP contribution in [0, 0.1) is 11.3 Å². The van der Waals surface area contributed by atoms with Crippen LogP contribution >= 0.6 is 0 Å². The molecule has 2 aromatic carbocycles. The number of hydrogen-bond donors (Lipinski definition) is 1. The van der Waals surface area contributed by atoms with Gasteiger partial charge in [-0.2, -0.15) is 5.26 Å². The molecule has 0 heterocycles. The molecule has 3 rings (SSSR count). The molecule has 0 unspecified atom stereocenters. The Hall–Kier alpha value is -3.33. The van der Waals surface area contributed by atoms with Gasteiger partial charge in [0.15, 0.2) is 12.7 Å². The van der Waals surface area contributed by atoms with Gasteiger partial charge in [0.1, 0.15) is 5.75 Å². The fourth-order valence-electron chi connectivity index (χ4n) is 3.25. The molecular weight excluding hydrogens is 356 g/mol. The number of nitriles is 1. The van der Waals surface area contributed by atoms with Crippen molar-refractivity contribution in [2.75, 3.05) is 6.61 Å². The van der Waals surface area contributed by atoms with Gasteiger partial charge in [-0.15, -0.1) is 0 Å². The number of esters is 1. The molecule has 0 fully saturated rings. The fraction of sp³-hybridized carbons (Fsp3) is 0.318. The first kappa shape index (κ1) is 19.4. The largest absolute Gasteiger partial charge is 0.479 e. The summed E-state index contributed by atoms with van der Waals surface area (Å²) in [5.41, 5.74) is 2.88. The molecule has 0 radical (unpaired) electrons. The standard InChI is InChI=1S/C22H22N2O4/c1-15(28-18-11-9-16(13-23)10-12-18)22(26)27-14-21(25)24-20-8-4-6-17-5-2-3-7-19(17)20/h2-3,5,7,9-12,15,20H,4,6,8,14H2,1H3,(H,24,25)/t15-,20+/m1/s1. The molecule has 6 nitrogen and oxygen atoms in total. The molecular formula is C22H22N2O4. The molecule has 0 spiro atoms. The Morgan fingerprint density at radius 2 is 1.96 bits per heavy atom. The Kier molecular flexibility index (Phi) is 6.28. The molecule has 0 bridgehead atoms. The van der Waals surface area contributed by atoms with Crippen LogP contribution in [0.4, 0.5) is 0 Å². The van der Waals surface area contributed by atoms with E-state index in [1.807, 2.05) is 24.3 Å². The number of nitrogens with one attached hydrogen (secondary N) is 1. The quantitative estimate of drug-likeness (QED) is 0.781. The zero-order valence-corrected chi connectivity index (χ0v) is 15.7. The molecule has 0 saturated heterocycles. The van der Waals surface area contributed by atoms with Crippen molar-refractivity contribution in [2.45, 2.75) is 38.3 Å². The highest BCUT2D eigenvalue weighted by Crippen LogP contribution is 2.29. The lowest BCUT2D eigenvalue weighted by Crippen LogP contribution is -2.36. The fourth-order valence-corrected chi connectivity index (χ4v) is 3.25. The molecule has 1 N–H and O–H groups in total. The Labute approximate surface area is 164 Å². The minimum Gasteiger partial charge on any atom is -0.479 e. The summed E-state index contributed by atoms with van der Waals surface area (Å²) in [6.45, 7) is 1.20. The Bertz CT molecular complexity index is 886. The van der Waals surface area contributed by atoms with Crippen molar-refractivity contribution in [1.29, 1.82) is 5.26 Å². The number of amides is 1. The van der Waals surface area contributed by atoms with Gasteiger partial charge in [0, 0.05) is 0 Å². The average Bonchev–Trinajstić information content (AvgIpc) is 2.73. The first-order valence-corrected chi connectivity index (χ1v) is 9.27. The number of carbonyl (C=O) groups is 2. The second kappa shape index (κ2) is 9.05. The average molecular weight is 378 g/mol. The molecule has 144 valence electrons. The number of rotatable bonds is 6. The molecule has 1 aliphatic rings. The predicted molar refractivity (Wildman–Crippen MR) is 102 cm³/mol. The summed E-state index contributed by atoms with van der Waals surface area (Å²) in [5, 5.41) is 11.7. The minimum absolute atomic E-state index is 0.0523. The third-order valence-corrected chi connectivity index (χ3v) is 4.68. The van der Waals surface area contributed by atoms with Gasteiger partial charge in [0.05, 0.1) is 17.7 Å². The van der Waals surface area contributed by atoms with E-state index in [2.05, 4.69) is 11.4 Å². The van der Waals surface area contributed by atoms with Gasteiger partial charge in [-0.3, -0.25) is 4.79 Å². The molecule has 6 heteroatoms. The highest BCUT2D eigenvalue weighted by molar-refractivity contribution is 5.82. The van der Waals surface area contributed by atoms with Crippen LogP contribution in [0.3, 0.4) is 0 Å². The van der Waals surface area contributed by atoms with Crippen LogP contribution < -0.4 is 10.1 Å². The molecule has 2 atom stereocenters. The SMILES string of the molecule is C[C@@H](Oc1ccc(C#N)cc1)C(=O)OCC(=O)N[C@H]1CCCc2ccccc21. The molecule has 0 saturated carbocycles. The van der Waals surface area contributed by atoms with Crippen LogP contribution in [-0.4, -0.2) is 24.6 Å². The highest BCUT2D eigenvalue weighted by atomic mass is 16.6. The Morgan fingerprint density at radius 1 is 1.21 bits per heavy atom. The zero-order chi connectivity index (χ0) is 19.9. The van der Waals surface area contributed by atoms with Crippen LogP contribution in [0.5, 0.6) is 5.75 Å². The number of ether oxygens (including phenoxy) is 2. The van der Waals surface area contributed by atoms with Gasteiger partial charge in [-0.05, 0) is 61.6 Å². The van der Waals surface area contributed by atoms with E-state index in [0.29, 0.717) is 11.3 Å². The maximum absolute atomic E-state index is 12.2. The highest BCUT2D eigenvalue weighted by Gasteiger charge is 2.23. The number of aryl methyl sites for hydroxylation is 1. The van der Waals surface area contributed by atoms with E-state index in [0.717, 1.165) is 24.8 Å². The maximum Gasteiger partial charge on any atom is 0.347 e. The molecule has 1 amide bonds. The van der Waals surface area contributed by atoms with E-state index >= 15 is 0 Å². The summed E-state index contributed by atoms with van der Waals surface area (Å²) in [6, 6.07) is 16.4. The third kappa shape index (κ3) is 4.89. The summed E-state index contributed by atoms with van der Waals surface area (Å²) in [7, 11) is 0. The second-order valence-corrected chi connectivity index (χ2v) is 6.72. The van der Waals surface area contributed by atoms with E-state index in [1.54, 1.807) is 31.2 Å². The van der Waals surface area contributed by atoms with Crippen molar-refractivity contribution < 1.29 is 19.1 Å². The van der Waals surface area contributed by atoms with Crippen LogP contribution in [0.15, 0.2) is 48.5 Å².